The van der Waals surface area contributed by atoms with Crippen molar-refractivity contribution < 1.29 is 13.5 Å². The van der Waals surface area contributed by atoms with Gasteiger partial charge in [0.1, 0.15) is 0 Å². The van der Waals surface area contributed by atoms with E-state index >= 15 is 0 Å². The first-order valence-electron chi connectivity index (χ1n) is 3.92. The van der Waals surface area contributed by atoms with Crippen molar-refractivity contribution in [3.63, 3.8) is 0 Å². The summed E-state index contributed by atoms with van der Waals surface area (Å²) in [6.45, 7) is 1.99. The van der Waals surface area contributed by atoms with Crippen molar-refractivity contribution in [1.82, 2.24) is 4.98 Å². The van der Waals surface area contributed by atoms with Crippen molar-refractivity contribution in [1.29, 1.82) is 0 Å². The summed E-state index contributed by atoms with van der Waals surface area (Å²) in [5.41, 5.74) is 2.17. The van der Waals surface area contributed by atoms with Gasteiger partial charge in [0, 0.05) is 0 Å². The molecule has 4 heteroatoms. The van der Waals surface area contributed by atoms with E-state index < -0.39 is 13.5 Å². The Hall–Kier alpha value is 0.223. The molecular formula is C9H11Cl2NRu. The third-order valence-corrected chi connectivity index (χ3v) is 3.89. The molecule has 1 aromatic heterocycles. The summed E-state index contributed by atoms with van der Waals surface area (Å²) in [4.78, 5) is 4.38. The van der Waals surface area contributed by atoms with Crippen LogP contribution >= 0.6 is 19.4 Å². The Bertz CT molecular complexity index is 308. The molecule has 1 aromatic rings. The zero-order chi connectivity index (χ0) is 9.68. The van der Waals surface area contributed by atoms with Crippen molar-refractivity contribution in [3.8, 4) is 0 Å². The van der Waals surface area contributed by atoms with Gasteiger partial charge in [-0.1, -0.05) is 0 Å². The first-order chi connectivity index (χ1) is 6.18. The van der Waals surface area contributed by atoms with Crippen LogP contribution in [0.1, 0.15) is 17.8 Å². The van der Waals surface area contributed by atoms with Crippen LogP contribution in [0.25, 0.3) is 0 Å². The summed E-state index contributed by atoms with van der Waals surface area (Å²) in [6.07, 6.45) is 1.87. The Morgan fingerprint density at radius 2 is 2.23 bits per heavy atom. The van der Waals surface area contributed by atoms with Gasteiger partial charge in [0.25, 0.3) is 0 Å². The van der Waals surface area contributed by atoms with Gasteiger partial charge >= 0.3 is 91.8 Å². The number of pyridine rings is 1. The van der Waals surface area contributed by atoms with Crippen molar-refractivity contribution in [2.45, 2.75) is 19.8 Å². The van der Waals surface area contributed by atoms with Crippen molar-refractivity contribution in [2.75, 3.05) is 0 Å². The Balaban J connectivity index is 2.50. The standard InChI is InChI=1S/C9H11N.2ClH.Ru/c1-3-5-9-7-4-6-8(2)10-9;;;/h1,4,6-7H,3,5H2,2H3;2*1H;/q;;;+2/p-2. The zero-order valence-corrected chi connectivity index (χ0v) is 10.5. The Morgan fingerprint density at radius 1 is 1.46 bits per heavy atom. The normalized spacial score (nSPS) is 11.2. The number of aromatic nitrogens is 1. The minimum atomic E-state index is -1.57. The maximum absolute atomic E-state index is 5.71. The number of hydrogen-bond donors (Lipinski definition) is 0. The van der Waals surface area contributed by atoms with Gasteiger partial charge in [-0.3, -0.25) is 0 Å². The summed E-state index contributed by atoms with van der Waals surface area (Å²) < 4.78 is 2.01. The molecule has 0 saturated carbocycles. The molecule has 0 spiro atoms. The molecule has 0 aliphatic heterocycles. The van der Waals surface area contributed by atoms with Crippen LogP contribution in [0.2, 0.25) is 0 Å². The fraction of sp³-hybridized carbons (Fsp3) is 0.333. The van der Waals surface area contributed by atoms with Crippen LogP contribution in [0.15, 0.2) is 18.2 Å². The molecular weight excluding hydrogens is 294 g/mol. The maximum atomic E-state index is 5.71. The van der Waals surface area contributed by atoms with Gasteiger partial charge < -0.3 is 0 Å². The van der Waals surface area contributed by atoms with Gasteiger partial charge in [-0.2, -0.15) is 0 Å². The van der Waals surface area contributed by atoms with E-state index in [0.29, 0.717) is 0 Å². The van der Waals surface area contributed by atoms with Gasteiger partial charge in [0.2, 0.25) is 0 Å². The van der Waals surface area contributed by atoms with Crippen LogP contribution in [0.3, 0.4) is 0 Å². The van der Waals surface area contributed by atoms with E-state index in [-0.39, 0.29) is 0 Å². The minimum absolute atomic E-state index is 0.933. The molecule has 1 rings (SSSR count). The number of hydrogen-bond acceptors (Lipinski definition) is 1. The predicted octanol–water partition coefficient (Wildman–Crippen LogP) is 3.05. The van der Waals surface area contributed by atoms with Crippen LogP contribution in [0.4, 0.5) is 0 Å². The molecule has 1 nitrogen and oxygen atoms in total. The summed E-state index contributed by atoms with van der Waals surface area (Å²) >= 11 is -1.57. The molecule has 0 saturated heterocycles. The molecule has 0 aromatic carbocycles. The summed E-state index contributed by atoms with van der Waals surface area (Å²) in [7, 11) is 11.4. The number of rotatable bonds is 3. The molecule has 0 bridgehead atoms. The van der Waals surface area contributed by atoms with E-state index in [1.807, 2.05) is 29.7 Å². The molecule has 0 N–H and O–H groups in total. The second-order valence-electron chi connectivity index (χ2n) is 2.66. The zero-order valence-electron chi connectivity index (χ0n) is 7.28. The molecule has 1 heterocycles. The first-order valence-corrected chi connectivity index (χ1v) is 9.40. The second kappa shape index (κ2) is 5.85. The van der Waals surface area contributed by atoms with E-state index in [2.05, 4.69) is 4.98 Å². The average Bonchev–Trinajstić information content (AvgIpc) is 2.03. The fourth-order valence-electron chi connectivity index (χ4n) is 1.01. The van der Waals surface area contributed by atoms with Crippen molar-refractivity contribution in [2.24, 2.45) is 0 Å². The first kappa shape index (κ1) is 11.3. The number of aryl methyl sites for hydroxylation is 2. The molecule has 0 radical (unpaired) electrons. The van der Waals surface area contributed by atoms with Gasteiger partial charge in [0.05, 0.1) is 0 Å². The summed E-state index contributed by atoms with van der Waals surface area (Å²) in [6, 6.07) is 6.04. The van der Waals surface area contributed by atoms with Crippen LogP contribution in [0, 0.1) is 6.92 Å². The molecule has 13 heavy (non-hydrogen) atoms. The SMILES string of the molecule is Cc1cccc(CC[CH]=[Ru]([Cl])[Cl])n1. The van der Waals surface area contributed by atoms with E-state index in [9.17, 15) is 0 Å². The summed E-state index contributed by atoms with van der Waals surface area (Å²) in [5.74, 6) is 0. The number of nitrogens with zero attached hydrogens (tertiary/aromatic N) is 1. The van der Waals surface area contributed by atoms with Gasteiger partial charge in [0.15, 0.2) is 0 Å². The predicted molar refractivity (Wildman–Crippen MR) is 55.1 cm³/mol. The Labute approximate surface area is 91.6 Å². The van der Waals surface area contributed by atoms with Crippen LogP contribution in [-0.2, 0) is 19.9 Å². The van der Waals surface area contributed by atoms with E-state index in [0.717, 1.165) is 24.2 Å². The fourth-order valence-corrected chi connectivity index (χ4v) is 2.56. The molecule has 0 atom stereocenters. The van der Waals surface area contributed by atoms with Gasteiger partial charge in [-0.15, -0.1) is 0 Å². The topological polar surface area (TPSA) is 12.9 Å². The molecule has 0 aliphatic rings. The van der Waals surface area contributed by atoms with Gasteiger partial charge in [-0.25, -0.2) is 0 Å². The third-order valence-electron chi connectivity index (χ3n) is 1.56. The molecule has 74 valence electrons. The number of halogens is 2. The molecule has 0 fully saturated rings. The quantitative estimate of drug-likeness (QED) is 0.782. The van der Waals surface area contributed by atoms with Crippen LogP contribution < -0.4 is 0 Å². The van der Waals surface area contributed by atoms with Gasteiger partial charge in [-0.05, 0) is 0 Å². The molecule has 0 amide bonds. The Morgan fingerprint density at radius 3 is 2.85 bits per heavy atom. The Kier molecular flexibility index (Phi) is 5.08. The van der Waals surface area contributed by atoms with E-state index in [4.69, 9.17) is 19.4 Å². The van der Waals surface area contributed by atoms with Crippen molar-refractivity contribution >= 4 is 24.0 Å². The average molecular weight is 305 g/mol. The van der Waals surface area contributed by atoms with Crippen LogP contribution in [0.5, 0.6) is 0 Å². The second-order valence-corrected chi connectivity index (χ2v) is 8.59. The monoisotopic (exact) mass is 305 g/mol. The molecule has 0 aliphatic carbocycles. The third kappa shape index (κ3) is 4.85. The summed E-state index contributed by atoms with van der Waals surface area (Å²) in [5, 5.41) is 0. The van der Waals surface area contributed by atoms with Crippen molar-refractivity contribution in [3.05, 3.63) is 29.6 Å². The van der Waals surface area contributed by atoms with E-state index in [1.54, 1.807) is 0 Å². The van der Waals surface area contributed by atoms with Crippen LogP contribution in [-0.4, -0.2) is 9.59 Å². The molecule has 0 unspecified atom stereocenters. The van der Waals surface area contributed by atoms with E-state index in [1.165, 1.54) is 0 Å².